The van der Waals surface area contributed by atoms with E-state index in [2.05, 4.69) is 219 Å². The van der Waals surface area contributed by atoms with Crippen molar-refractivity contribution in [2.45, 2.75) is 24.7 Å². The molecular formula is C58H41NO. The topological polar surface area (TPSA) is 16.4 Å². The van der Waals surface area contributed by atoms with Crippen molar-refractivity contribution in [3.05, 3.63) is 246 Å². The van der Waals surface area contributed by atoms with E-state index in [9.17, 15) is 0 Å². The first kappa shape index (κ1) is 34.6. The van der Waals surface area contributed by atoms with Crippen molar-refractivity contribution in [3.8, 4) is 33.4 Å². The minimum absolute atomic E-state index is 0.0756. The van der Waals surface area contributed by atoms with Crippen LogP contribution >= 0.6 is 0 Å². The maximum atomic E-state index is 6.17. The summed E-state index contributed by atoms with van der Waals surface area (Å²) in [4.78, 5) is 2.44. The smallest absolute Gasteiger partial charge is 0.135 e. The number of hydrogen-bond donors (Lipinski definition) is 0. The van der Waals surface area contributed by atoms with E-state index in [1.165, 1.54) is 55.6 Å². The molecule has 0 aliphatic heterocycles. The Kier molecular flexibility index (Phi) is 7.52. The van der Waals surface area contributed by atoms with Crippen LogP contribution in [0.5, 0.6) is 0 Å². The highest BCUT2D eigenvalue weighted by Gasteiger charge is 2.46. The molecule has 0 spiro atoms. The fraction of sp³-hybridized carbons (Fsp3) is 0.0690. The lowest BCUT2D eigenvalue weighted by atomic mass is 9.68. The monoisotopic (exact) mass is 767 g/mol. The van der Waals surface area contributed by atoms with Gasteiger partial charge in [0.15, 0.2) is 0 Å². The highest BCUT2D eigenvalue weighted by Crippen LogP contribution is 2.57. The Hall–Kier alpha value is -7.42. The third-order valence-electron chi connectivity index (χ3n) is 13.4. The van der Waals surface area contributed by atoms with Crippen LogP contribution < -0.4 is 4.90 Å². The maximum absolute atomic E-state index is 6.17. The Bertz CT molecular complexity index is 3240. The molecule has 10 aromatic rings. The minimum atomic E-state index is -0.455. The first-order valence-electron chi connectivity index (χ1n) is 20.9. The Morgan fingerprint density at radius 2 is 0.833 bits per heavy atom. The highest BCUT2D eigenvalue weighted by molar-refractivity contribution is 6.06. The van der Waals surface area contributed by atoms with E-state index in [1.54, 1.807) is 0 Å². The van der Waals surface area contributed by atoms with Gasteiger partial charge in [0.25, 0.3) is 0 Å². The van der Waals surface area contributed by atoms with Gasteiger partial charge < -0.3 is 9.32 Å². The number of fused-ring (bicyclic) bond motifs is 9. The van der Waals surface area contributed by atoms with Crippen LogP contribution in [0.15, 0.2) is 217 Å². The van der Waals surface area contributed by atoms with Crippen LogP contribution in [0.4, 0.5) is 17.1 Å². The normalized spacial score (nSPS) is 14.1. The second-order valence-corrected chi connectivity index (χ2v) is 16.8. The lowest BCUT2D eigenvalue weighted by molar-refractivity contribution is 0.660. The summed E-state index contributed by atoms with van der Waals surface area (Å²) in [5.74, 6) is 0. The Labute approximate surface area is 350 Å². The SMILES string of the molecule is CC1(C)c2ccccc2-c2cc(N(c3ccc(-c4ccc5oc6ccccc6c5c4)cc3)c3ccc4c(c3)-c3ccccc3C4(c3ccccc3)c3ccccc3)ccc21. The van der Waals surface area contributed by atoms with Gasteiger partial charge in [-0.1, -0.05) is 172 Å². The summed E-state index contributed by atoms with van der Waals surface area (Å²) >= 11 is 0. The molecule has 2 heteroatoms. The molecule has 12 rings (SSSR count). The van der Waals surface area contributed by atoms with Crippen molar-refractivity contribution in [2.24, 2.45) is 0 Å². The van der Waals surface area contributed by atoms with Crippen molar-refractivity contribution in [1.82, 2.24) is 0 Å². The second kappa shape index (κ2) is 13.0. The number of nitrogens with zero attached hydrogens (tertiary/aromatic N) is 1. The van der Waals surface area contributed by atoms with Gasteiger partial charge in [-0.3, -0.25) is 0 Å². The summed E-state index contributed by atoms with van der Waals surface area (Å²) in [7, 11) is 0. The standard InChI is InChI=1S/C58H41NO/c1-57(2)51-22-12-9-19-45(51)48-36-43(30-32-52(48)57)59(42-28-25-38(26-29-42)39-27-34-56-50(35-39)47-21-11-14-24-55(47)60-56)44-31-33-54-49(37-44)46-20-10-13-23-53(46)58(54,40-15-5-3-6-16-40)41-17-7-4-8-18-41/h3-37H,1-2H3. The zero-order valence-electron chi connectivity index (χ0n) is 33.6. The number of benzene rings is 9. The average Bonchev–Trinajstić information content (AvgIpc) is 3.90. The van der Waals surface area contributed by atoms with Gasteiger partial charge in [-0.05, 0) is 121 Å². The van der Waals surface area contributed by atoms with Crippen molar-refractivity contribution in [3.63, 3.8) is 0 Å². The molecule has 2 nitrogen and oxygen atoms in total. The number of furan rings is 1. The molecule has 0 unspecified atom stereocenters. The molecule has 0 amide bonds. The number of para-hydroxylation sites is 1. The summed E-state index contributed by atoms with van der Waals surface area (Å²) in [6, 6.07) is 78.1. The second-order valence-electron chi connectivity index (χ2n) is 16.8. The molecule has 2 aliphatic rings. The van der Waals surface area contributed by atoms with E-state index in [0.717, 1.165) is 50.1 Å². The molecule has 1 heterocycles. The molecule has 60 heavy (non-hydrogen) atoms. The van der Waals surface area contributed by atoms with Gasteiger partial charge in [0, 0.05) is 33.2 Å². The Balaban J connectivity index is 1.05. The predicted molar refractivity (Wildman–Crippen MR) is 249 cm³/mol. The van der Waals surface area contributed by atoms with Crippen molar-refractivity contribution in [1.29, 1.82) is 0 Å². The maximum Gasteiger partial charge on any atom is 0.135 e. The molecule has 0 fully saturated rings. The summed E-state index contributed by atoms with van der Waals surface area (Å²) in [5.41, 5.74) is 20.0. The zero-order chi connectivity index (χ0) is 40.0. The fourth-order valence-electron chi connectivity index (χ4n) is 10.6. The number of anilines is 3. The molecule has 0 bridgehead atoms. The first-order valence-corrected chi connectivity index (χ1v) is 20.9. The van der Waals surface area contributed by atoms with Gasteiger partial charge in [0.05, 0.1) is 5.41 Å². The quantitative estimate of drug-likeness (QED) is 0.168. The van der Waals surface area contributed by atoms with Crippen LogP contribution in [0.2, 0.25) is 0 Å². The van der Waals surface area contributed by atoms with E-state index >= 15 is 0 Å². The van der Waals surface area contributed by atoms with E-state index in [1.807, 2.05) is 12.1 Å². The van der Waals surface area contributed by atoms with E-state index in [-0.39, 0.29) is 5.41 Å². The van der Waals surface area contributed by atoms with Gasteiger partial charge in [-0.25, -0.2) is 0 Å². The molecule has 2 aliphatic carbocycles. The zero-order valence-corrected chi connectivity index (χ0v) is 33.6. The van der Waals surface area contributed by atoms with Crippen LogP contribution in [0.25, 0.3) is 55.3 Å². The fourth-order valence-corrected chi connectivity index (χ4v) is 10.6. The third-order valence-corrected chi connectivity index (χ3v) is 13.4. The lowest BCUT2D eigenvalue weighted by Gasteiger charge is -2.34. The first-order chi connectivity index (χ1) is 29.5. The van der Waals surface area contributed by atoms with E-state index in [0.29, 0.717) is 0 Å². The molecule has 0 atom stereocenters. The van der Waals surface area contributed by atoms with Gasteiger partial charge in [-0.15, -0.1) is 0 Å². The lowest BCUT2D eigenvalue weighted by Crippen LogP contribution is -2.28. The van der Waals surface area contributed by atoms with Crippen molar-refractivity contribution in [2.75, 3.05) is 4.90 Å². The van der Waals surface area contributed by atoms with Crippen LogP contribution in [0.1, 0.15) is 47.2 Å². The molecule has 284 valence electrons. The van der Waals surface area contributed by atoms with Crippen LogP contribution in [0.3, 0.4) is 0 Å². The van der Waals surface area contributed by atoms with Crippen LogP contribution in [-0.2, 0) is 10.8 Å². The molecule has 1 aromatic heterocycles. The molecule has 0 saturated carbocycles. The Morgan fingerprint density at radius 3 is 1.53 bits per heavy atom. The molecule has 0 radical (unpaired) electrons. The molecule has 0 N–H and O–H groups in total. The van der Waals surface area contributed by atoms with Crippen LogP contribution in [0, 0.1) is 0 Å². The van der Waals surface area contributed by atoms with Gasteiger partial charge in [0.2, 0.25) is 0 Å². The predicted octanol–water partition coefficient (Wildman–Crippen LogP) is 15.4. The summed E-state index contributed by atoms with van der Waals surface area (Å²) in [6.07, 6.45) is 0. The van der Waals surface area contributed by atoms with Gasteiger partial charge >= 0.3 is 0 Å². The van der Waals surface area contributed by atoms with Crippen molar-refractivity contribution >= 4 is 39.0 Å². The number of rotatable bonds is 6. The van der Waals surface area contributed by atoms with Crippen molar-refractivity contribution < 1.29 is 4.42 Å². The molecule has 0 saturated heterocycles. The highest BCUT2D eigenvalue weighted by atomic mass is 16.3. The minimum Gasteiger partial charge on any atom is -0.456 e. The van der Waals surface area contributed by atoms with Gasteiger partial charge in [-0.2, -0.15) is 0 Å². The molecule has 9 aromatic carbocycles. The van der Waals surface area contributed by atoms with Gasteiger partial charge in [0.1, 0.15) is 11.2 Å². The van der Waals surface area contributed by atoms with E-state index < -0.39 is 5.41 Å². The van der Waals surface area contributed by atoms with Crippen LogP contribution in [-0.4, -0.2) is 0 Å². The third kappa shape index (κ3) is 4.94. The average molecular weight is 768 g/mol. The van der Waals surface area contributed by atoms with E-state index in [4.69, 9.17) is 4.42 Å². The molecular weight excluding hydrogens is 727 g/mol. The largest absolute Gasteiger partial charge is 0.456 e. The summed E-state index contributed by atoms with van der Waals surface area (Å²) in [5, 5.41) is 2.27. The summed E-state index contributed by atoms with van der Waals surface area (Å²) < 4.78 is 6.17. The Morgan fingerprint density at radius 1 is 0.350 bits per heavy atom. The summed E-state index contributed by atoms with van der Waals surface area (Å²) in [6.45, 7) is 4.70. The number of hydrogen-bond acceptors (Lipinski definition) is 2.